The molecule has 1 unspecified atom stereocenters. The Balaban J connectivity index is 1.54. The van der Waals surface area contributed by atoms with Gasteiger partial charge in [-0.2, -0.15) is 0 Å². The van der Waals surface area contributed by atoms with Crippen LogP contribution in [0.15, 0.2) is 83.7 Å². The molecule has 1 heterocycles. The van der Waals surface area contributed by atoms with Gasteiger partial charge in [0.25, 0.3) is 11.5 Å². The van der Waals surface area contributed by atoms with E-state index in [2.05, 4.69) is 10.3 Å². The van der Waals surface area contributed by atoms with Crippen LogP contribution in [0.1, 0.15) is 40.1 Å². The Morgan fingerprint density at radius 2 is 1.63 bits per heavy atom. The summed E-state index contributed by atoms with van der Waals surface area (Å²) in [6, 6.07) is 24.8. The van der Waals surface area contributed by atoms with Crippen molar-refractivity contribution < 1.29 is 4.79 Å². The predicted octanol–water partition coefficient (Wildman–Crippen LogP) is 4.24. The number of fused-ring (bicyclic) bond motifs is 1. The normalized spacial score (nSPS) is 11.9. The standard InChI is InChI=1S/C25H23N3O2/c1-17(20-8-4-3-5-9-20)27-24(29)21-14-12-19(13-15-21)16-28-23-11-7-6-10-22(23)26-18(2)25(28)30/h3-15,17H,16H2,1-2H3,(H,27,29). The van der Waals surface area contributed by atoms with Gasteiger partial charge in [-0.1, -0.05) is 54.6 Å². The summed E-state index contributed by atoms with van der Waals surface area (Å²) in [4.78, 5) is 29.6. The Hall–Kier alpha value is -3.73. The monoisotopic (exact) mass is 397 g/mol. The highest BCUT2D eigenvalue weighted by Crippen LogP contribution is 2.15. The molecule has 1 amide bonds. The van der Waals surface area contributed by atoms with Gasteiger partial charge in [-0.05, 0) is 49.2 Å². The largest absolute Gasteiger partial charge is 0.346 e. The molecule has 0 bridgehead atoms. The minimum Gasteiger partial charge on any atom is -0.346 e. The van der Waals surface area contributed by atoms with Crippen molar-refractivity contribution in [3.8, 4) is 0 Å². The molecule has 150 valence electrons. The summed E-state index contributed by atoms with van der Waals surface area (Å²) in [7, 11) is 0. The van der Waals surface area contributed by atoms with E-state index in [0.29, 0.717) is 17.8 Å². The van der Waals surface area contributed by atoms with Gasteiger partial charge in [-0.25, -0.2) is 4.98 Å². The molecule has 0 aliphatic rings. The third-order valence-electron chi connectivity index (χ3n) is 5.22. The lowest BCUT2D eigenvalue weighted by molar-refractivity contribution is 0.0940. The summed E-state index contributed by atoms with van der Waals surface area (Å²) >= 11 is 0. The van der Waals surface area contributed by atoms with E-state index < -0.39 is 0 Å². The lowest BCUT2D eigenvalue weighted by Crippen LogP contribution is -2.26. The first-order valence-electron chi connectivity index (χ1n) is 9.94. The van der Waals surface area contributed by atoms with Crippen LogP contribution in [0.4, 0.5) is 0 Å². The van der Waals surface area contributed by atoms with E-state index in [1.54, 1.807) is 23.6 Å². The summed E-state index contributed by atoms with van der Waals surface area (Å²) in [5.41, 5.74) is 4.55. The van der Waals surface area contributed by atoms with Gasteiger partial charge >= 0.3 is 0 Å². The summed E-state index contributed by atoms with van der Waals surface area (Å²) in [5, 5.41) is 3.02. The molecular formula is C25H23N3O2. The summed E-state index contributed by atoms with van der Waals surface area (Å²) < 4.78 is 1.73. The fraction of sp³-hybridized carbons (Fsp3) is 0.160. The van der Waals surface area contributed by atoms with Crippen LogP contribution in [0.2, 0.25) is 0 Å². The number of nitrogens with one attached hydrogen (secondary N) is 1. The SMILES string of the molecule is Cc1nc2ccccc2n(Cc2ccc(C(=O)NC(C)c3ccccc3)cc2)c1=O. The Bertz CT molecular complexity index is 1250. The number of benzene rings is 3. The van der Waals surface area contributed by atoms with Crippen molar-refractivity contribution in [2.24, 2.45) is 0 Å². The highest BCUT2D eigenvalue weighted by Gasteiger charge is 2.12. The first-order chi connectivity index (χ1) is 14.5. The first-order valence-corrected chi connectivity index (χ1v) is 9.94. The van der Waals surface area contributed by atoms with Crippen molar-refractivity contribution >= 4 is 16.9 Å². The fourth-order valence-corrected chi connectivity index (χ4v) is 3.53. The molecule has 1 atom stereocenters. The molecule has 0 radical (unpaired) electrons. The molecular weight excluding hydrogens is 374 g/mol. The molecule has 0 saturated carbocycles. The molecule has 4 aromatic rings. The number of hydrogen-bond donors (Lipinski definition) is 1. The van der Waals surface area contributed by atoms with Crippen LogP contribution in [0.25, 0.3) is 11.0 Å². The number of aromatic nitrogens is 2. The van der Waals surface area contributed by atoms with Crippen molar-refractivity contribution in [3.05, 3.63) is 112 Å². The highest BCUT2D eigenvalue weighted by atomic mass is 16.1. The molecule has 0 aliphatic heterocycles. The number of hydrogen-bond acceptors (Lipinski definition) is 3. The zero-order valence-corrected chi connectivity index (χ0v) is 17.0. The van der Waals surface area contributed by atoms with Crippen molar-refractivity contribution in [2.75, 3.05) is 0 Å². The third-order valence-corrected chi connectivity index (χ3v) is 5.22. The van der Waals surface area contributed by atoms with Gasteiger partial charge in [0.1, 0.15) is 5.69 Å². The fourth-order valence-electron chi connectivity index (χ4n) is 3.53. The second-order valence-electron chi connectivity index (χ2n) is 7.38. The number of carbonyl (C=O) groups is 1. The molecule has 4 rings (SSSR count). The molecule has 0 spiro atoms. The molecule has 5 heteroatoms. The Morgan fingerprint density at radius 1 is 0.967 bits per heavy atom. The minimum absolute atomic E-state index is 0.0805. The third kappa shape index (κ3) is 4.01. The van der Waals surface area contributed by atoms with E-state index in [1.807, 2.05) is 73.7 Å². The Morgan fingerprint density at radius 3 is 2.37 bits per heavy atom. The summed E-state index contributed by atoms with van der Waals surface area (Å²) in [6.07, 6.45) is 0. The molecule has 3 aromatic carbocycles. The topological polar surface area (TPSA) is 64.0 Å². The van der Waals surface area contributed by atoms with Gasteiger partial charge in [-0.15, -0.1) is 0 Å². The van der Waals surface area contributed by atoms with Crippen LogP contribution < -0.4 is 10.9 Å². The molecule has 0 aliphatic carbocycles. The lowest BCUT2D eigenvalue weighted by atomic mass is 10.1. The highest BCUT2D eigenvalue weighted by molar-refractivity contribution is 5.94. The summed E-state index contributed by atoms with van der Waals surface area (Å²) in [5.74, 6) is -0.125. The Labute approximate surface area is 175 Å². The first kappa shape index (κ1) is 19.6. The number of para-hydroxylation sites is 2. The van der Waals surface area contributed by atoms with Crippen molar-refractivity contribution in [3.63, 3.8) is 0 Å². The van der Waals surface area contributed by atoms with Gasteiger partial charge in [-0.3, -0.25) is 9.59 Å². The maximum Gasteiger partial charge on any atom is 0.272 e. The zero-order chi connectivity index (χ0) is 21.1. The van der Waals surface area contributed by atoms with Gasteiger partial charge < -0.3 is 9.88 Å². The van der Waals surface area contributed by atoms with Gasteiger partial charge in [0.05, 0.1) is 23.6 Å². The number of nitrogens with zero attached hydrogens (tertiary/aromatic N) is 2. The smallest absolute Gasteiger partial charge is 0.272 e. The lowest BCUT2D eigenvalue weighted by Gasteiger charge is -2.15. The van der Waals surface area contributed by atoms with Gasteiger partial charge in [0.15, 0.2) is 0 Å². The van der Waals surface area contributed by atoms with Crippen molar-refractivity contribution in [1.29, 1.82) is 0 Å². The van der Waals surface area contributed by atoms with E-state index in [9.17, 15) is 9.59 Å². The van der Waals surface area contributed by atoms with Crippen LogP contribution in [-0.4, -0.2) is 15.5 Å². The average molecular weight is 397 g/mol. The minimum atomic E-state index is -0.125. The van der Waals surface area contributed by atoms with E-state index in [-0.39, 0.29) is 17.5 Å². The van der Waals surface area contributed by atoms with Crippen LogP contribution in [0.3, 0.4) is 0 Å². The second-order valence-corrected chi connectivity index (χ2v) is 7.38. The van der Waals surface area contributed by atoms with Crippen molar-refractivity contribution in [1.82, 2.24) is 14.9 Å². The maximum absolute atomic E-state index is 12.7. The van der Waals surface area contributed by atoms with Crippen LogP contribution in [-0.2, 0) is 6.54 Å². The number of rotatable bonds is 5. The van der Waals surface area contributed by atoms with Crippen molar-refractivity contribution in [2.45, 2.75) is 26.4 Å². The van der Waals surface area contributed by atoms with Crippen LogP contribution >= 0.6 is 0 Å². The molecule has 5 nitrogen and oxygen atoms in total. The van der Waals surface area contributed by atoms with Gasteiger partial charge in [0, 0.05) is 5.56 Å². The molecule has 0 saturated heterocycles. The molecule has 0 fully saturated rings. The average Bonchev–Trinajstić information content (AvgIpc) is 2.78. The predicted molar refractivity (Wildman–Crippen MR) is 119 cm³/mol. The molecule has 30 heavy (non-hydrogen) atoms. The van der Waals surface area contributed by atoms with Crippen LogP contribution in [0, 0.1) is 6.92 Å². The maximum atomic E-state index is 12.7. The number of carbonyl (C=O) groups excluding carboxylic acids is 1. The second kappa shape index (κ2) is 8.33. The number of aryl methyl sites for hydroxylation is 1. The Kier molecular flexibility index (Phi) is 5.44. The summed E-state index contributed by atoms with van der Waals surface area (Å²) in [6.45, 7) is 4.11. The van der Waals surface area contributed by atoms with E-state index in [4.69, 9.17) is 0 Å². The zero-order valence-electron chi connectivity index (χ0n) is 17.0. The van der Waals surface area contributed by atoms with E-state index in [1.165, 1.54) is 0 Å². The molecule has 1 N–H and O–H groups in total. The van der Waals surface area contributed by atoms with Gasteiger partial charge in [0.2, 0.25) is 0 Å². The number of amides is 1. The van der Waals surface area contributed by atoms with Crippen LogP contribution in [0.5, 0.6) is 0 Å². The molecule has 1 aromatic heterocycles. The van der Waals surface area contributed by atoms with E-state index in [0.717, 1.165) is 22.2 Å². The quantitative estimate of drug-likeness (QED) is 0.548. The van der Waals surface area contributed by atoms with E-state index >= 15 is 0 Å².